The Labute approximate surface area is 60.8 Å². The molecule has 0 unspecified atom stereocenters. The third kappa shape index (κ3) is 5.12. The molecule has 2 heteroatoms. The SMILES string of the molecule is CC=CC(O)=CC=CCO. The van der Waals surface area contributed by atoms with Gasteiger partial charge in [-0.1, -0.05) is 18.2 Å². The van der Waals surface area contributed by atoms with Crippen LogP contribution in [0.2, 0.25) is 0 Å². The monoisotopic (exact) mass is 140 g/mol. The molecule has 0 saturated carbocycles. The molecule has 0 atom stereocenters. The maximum absolute atomic E-state index is 8.92. The van der Waals surface area contributed by atoms with Crippen LogP contribution in [0.15, 0.2) is 36.1 Å². The molecule has 0 heterocycles. The summed E-state index contributed by atoms with van der Waals surface area (Å²) in [7, 11) is 0. The highest BCUT2D eigenvalue weighted by molar-refractivity contribution is 5.16. The standard InChI is InChI=1S/C8H12O2/c1-2-5-8(10)6-3-4-7-9/h2-6,9-10H,7H2,1H3. The van der Waals surface area contributed by atoms with Crippen molar-refractivity contribution in [2.45, 2.75) is 6.92 Å². The van der Waals surface area contributed by atoms with Gasteiger partial charge >= 0.3 is 0 Å². The highest BCUT2D eigenvalue weighted by Gasteiger charge is 1.76. The van der Waals surface area contributed by atoms with Gasteiger partial charge in [0.05, 0.1) is 6.61 Å². The lowest BCUT2D eigenvalue weighted by atomic mass is 10.4. The topological polar surface area (TPSA) is 40.5 Å². The van der Waals surface area contributed by atoms with Crippen molar-refractivity contribution < 1.29 is 10.2 Å². The van der Waals surface area contributed by atoms with Crippen LogP contribution in [0.4, 0.5) is 0 Å². The van der Waals surface area contributed by atoms with E-state index in [-0.39, 0.29) is 12.4 Å². The molecule has 0 spiro atoms. The maximum atomic E-state index is 8.92. The number of rotatable bonds is 3. The molecule has 0 aliphatic rings. The lowest BCUT2D eigenvalue weighted by Crippen LogP contribution is -1.72. The fourth-order valence-corrected chi connectivity index (χ4v) is 0.454. The van der Waals surface area contributed by atoms with E-state index in [1.807, 2.05) is 6.92 Å². The van der Waals surface area contributed by atoms with Crippen molar-refractivity contribution in [2.24, 2.45) is 0 Å². The molecule has 0 bridgehead atoms. The van der Waals surface area contributed by atoms with Gasteiger partial charge in [-0.25, -0.2) is 0 Å². The number of hydrogen-bond donors (Lipinski definition) is 2. The minimum Gasteiger partial charge on any atom is -0.508 e. The van der Waals surface area contributed by atoms with Crippen molar-refractivity contribution in [1.29, 1.82) is 0 Å². The van der Waals surface area contributed by atoms with Gasteiger partial charge in [-0.15, -0.1) is 0 Å². The van der Waals surface area contributed by atoms with E-state index in [4.69, 9.17) is 10.2 Å². The lowest BCUT2D eigenvalue weighted by Gasteiger charge is -1.84. The fourth-order valence-electron chi connectivity index (χ4n) is 0.454. The Bertz CT molecular complexity index is 155. The van der Waals surface area contributed by atoms with Crippen LogP contribution >= 0.6 is 0 Å². The van der Waals surface area contributed by atoms with Crippen LogP contribution in [0.1, 0.15) is 6.92 Å². The predicted molar refractivity (Wildman–Crippen MR) is 41.8 cm³/mol. The third-order valence-corrected chi connectivity index (χ3v) is 0.846. The Balaban J connectivity index is 3.79. The molecule has 0 saturated heterocycles. The Kier molecular flexibility index (Phi) is 5.48. The average Bonchev–Trinajstić information content (AvgIpc) is 1.89. The first-order valence-electron chi connectivity index (χ1n) is 3.10. The minimum absolute atomic E-state index is 0.000378. The maximum Gasteiger partial charge on any atom is 0.115 e. The van der Waals surface area contributed by atoms with Crippen molar-refractivity contribution in [3.05, 3.63) is 36.1 Å². The molecule has 0 aliphatic carbocycles. The summed E-state index contributed by atoms with van der Waals surface area (Å²) in [5.41, 5.74) is 0. The van der Waals surface area contributed by atoms with Crippen LogP contribution in [-0.4, -0.2) is 16.8 Å². The van der Waals surface area contributed by atoms with Gasteiger partial charge in [0.2, 0.25) is 0 Å². The zero-order valence-corrected chi connectivity index (χ0v) is 5.99. The van der Waals surface area contributed by atoms with Gasteiger partial charge in [0.1, 0.15) is 5.76 Å². The molecule has 10 heavy (non-hydrogen) atoms. The summed E-state index contributed by atoms with van der Waals surface area (Å²) < 4.78 is 0. The molecule has 0 aromatic rings. The van der Waals surface area contributed by atoms with Crippen LogP contribution in [0.3, 0.4) is 0 Å². The van der Waals surface area contributed by atoms with Gasteiger partial charge in [0, 0.05) is 0 Å². The quantitative estimate of drug-likeness (QED) is 0.461. The highest BCUT2D eigenvalue weighted by atomic mass is 16.3. The first-order valence-corrected chi connectivity index (χ1v) is 3.10. The number of aliphatic hydroxyl groups is 2. The normalized spacial score (nSPS) is 13.6. The van der Waals surface area contributed by atoms with Crippen molar-refractivity contribution in [3.63, 3.8) is 0 Å². The van der Waals surface area contributed by atoms with E-state index in [0.29, 0.717) is 0 Å². The number of hydrogen-bond acceptors (Lipinski definition) is 2. The van der Waals surface area contributed by atoms with Crippen LogP contribution in [0.5, 0.6) is 0 Å². The summed E-state index contributed by atoms with van der Waals surface area (Å²) >= 11 is 0. The van der Waals surface area contributed by atoms with Gasteiger partial charge in [-0.05, 0) is 19.1 Å². The molecular weight excluding hydrogens is 128 g/mol. The second kappa shape index (κ2) is 6.11. The molecule has 2 nitrogen and oxygen atoms in total. The van der Waals surface area contributed by atoms with E-state index in [0.717, 1.165) is 0 Å². The Hall–Kier alpha value is -1.02. The van der Waals surface area contributed by atoms with Crippen LogP contribution in [-0.2, 0) is 0 Å². The summed E-state index contributed by atoms with van der Waals surface area (Å²) in [6.07, 6.45) is 7.95. The molecule has 2 N–H and O–H groups in total. The molecular formula is C8H12O2. The third-order valence-electron chi connectivity index (χ3n) is 0.846. The summed E-state index contributed by atoms with van der Waals surface area (Å²) in [5, 5.41) is 17.2. The van der Waals surface area contributed by atoms with E-state index in [1.165, 1.54) is 6.08 Å². The molecule has 56 valence electrons. The minimum atomic E-state index is -0.000378. The molecule has 0 aromatic heterocycles. The van der Waals surface area contributed by atoms with Crippen molar-refractivity contribution in [2.75, 3.05) is 6.61 Å². The molecule has 0 fully saturated rings. The second-order valence-corrected chi connectivity index (χ2v) is 1.70. The lowest BCUT2D eigenvalue weighted by molar-refractivity contribution is 0.342. The first-order chi connectivity index (χ1) is 4.81. The summed E-state index contributed by atoms with van der Waals surface area (Å²) in [6.45, 7) is 1.82. The van der Waals surface area contributed by atoms with E-state index in [2.05, 4.69) is 0 Å². The summed E-state index contributed by atoms with van der Waals surface area (Å²) in [6, 6.07) is 0. The van der Waals surface area contributed by atoms with Crippen LogP contribution in [0, 0.1) is 0 Å². The molecule has 0 amide bonds. The first kappa shape index (κ1) is 8.98. The fraction of sp³-hybridized carbons (Fsp3) is 0.250. The Morgan fingerprint density at radius 3 is 2.70 bits per heavy atom. The molecule has 0 aromatic carbocycles. The van der Waals surface area contributed by atoms with Gasteiger partial charge in [-0.2, -0.15) is 0 Å². The Morgan fingerprint density at radius 1 is 1.50 bits per heavy atom. The highest BCUT2D eigenvalue weighted by Crippen LogP contribution is 1.90. The van der Waals surface area contributed by atoms with Crippen molar-refractivity contribution in [1.82, 2.24) is 0 Å². The zero-order chi connectivity index (χ0) is 7.82. The van der Waals surface area contributed by atoms with Gasteiger partial charge in [0.15, 0.2) is 0 Å². The van der Waals surface area contributed by atoms with Crippen molar-refractivity contribution >= 4 is 0 Å². The Morgan fingerprint density at radius 2 is 2.20 bits per heavy atom. The molecule has 0 aliphatic heterocycles. The molecule has 0 rings (SSSR count). The van der Waals surface area contributed by atoms with Crippen LogP contribution < -0.4 is 0 Å². The number of allylic oxidation sites excluding steroid dienone is 4. The smallest absolute Gasteiger partial charge is 0.115 e. The number of aliphatic hydroxyl groups excluding tert-OH is 2. The van der Waals surface area contributed by atoms with E-state index in [1.54, 1.807) is 24.3 Å². The second-order valence-electron chi connectivity index (χ2n) is 1.70. The van der Waals surface area contributed by atoms with E-state index < -0.39 is 0 Å². The van der Waals surface area contributed by atoms with E-state index >= 15 is 0 Å². The van der Waals surface area contributed by atoms with Gasteiger partial charge < -0.3 is 10.2 Å². The van der Waals surface area contributed by atoms with Gasteiger partial charge in [-0.3, -0.25) is 0 Å². The zero-order valence-electron chi connectivity index (χ0n) is 5.99. The summed E-state index contributed by atoms with van der Waals surface area (Å²) in [4.78, 5) is 0. The largest absolute Gasteiger partial charge is 0.508 e. The average molecular weight is 140 g/mol. The summed E-state index contributed by atoms with van der Waals surface area (Å²) in [5.74, 6) is 0.187. The van der Waals surface area contributed by atoms with Gasteiger partial charge in [0.25, 0.3) is 0 Å². The van der Waals surface area contributed by atoms with E-state index in [9.17, 15) is 0 Å². The van der Waals surface area contributed by atoms with Crippen molar-refractivity contribution in [3.8, 4) is 0 Å². The molecule has 0 radical (unpaired) electrons. The predicted octanol–water partition coefficient (Wildman–Crippen LogP) is 1.55. The van der Waals surface area contributed by atoms with Crippen LogP contribution in [0.25, 0.3) is 0 Å².